The first-order chi connectivity index (χ1) is 13.9. The van der Waals surface area contributed by atoms with E-state index < -0.39 is 0 Å². The topological polar surface area (TPSA) is 58.4 Å². The summed E-state index contributed by atoms with van der Waals surface area (Å²) in [7, 11) is 1.89. The maximum atomic E-state index is 13.2. The molecule has 6 nitrogen and oxygen atoms in total. The molecule has 2 heterocycles. The standard InChI is InChI=1S/C23H32N4O2/c1-5-6-14-25(4)22(28)19-12-15-26(16-13-19)23(29)21-17(2)24-27(18(21)3)20-10-8-7-9-11-20/h7-11,19H,5-6,12-16H2,1-4H3. The van der Waals surface area contributed by atoms with Crippen molar-refractivity contribution >= 4 is 11.8 Å². The monoisotopic (exact) mass is 396 g/mol. The maximum Gasteiger partial charge on any atom is 0.257 e. The molecule has 156 valence electrons. The molecule has 29 heavy (non-hydrogen) atoms. The van der Waals surface area contributed by atoms with Crippen molar-refractivity contribution in [3.05, 3.63) is 47.3 Å². The van der Waals surface area contributed by atoms with Crippen molar-refractivity contribution in [1.29, 1.82) is 0 Å². The van der Waals surface area contributed by atoms with E-state index in [-0.39, 0.29) is 17.7 Å². The number of aromatic nitrogens is 2. The Morgan fingerprint density at radius 1 is 1.14 bits per heavy atom. The van der Waals surface area contributed by atoms with E-state index >= 15 is 0 Å². The summed E-state index contributed by atoms with van der Waals surface area (Å²) in [4.78, 5) is 29.6. The number of likely N-dealkylation sites (tertiary alicyclic amines) is 1. The van der Waals surface area contributed by atoms with Gasteiger partial charge in [0.2, 0.25) is 5.91 Å². The fraction of sp³-hybridized carbons (Fsp3) is 0.522. The SMILES string of the molecule is CCCCN(C)C(=O)C1CCN(C(=O)c2c(C)nn(-c3ccccc3)c2C)CC1. The number of carbonyl (C=O) groups excluding carboxylic acids is 2. The lowest BCUT2D eigenvalue weighted by Crippen LogP contribution is -2.43. The average Bonchev–Trinajstić information content (AvgIpc) is 3.05. The fourth-order valence-corrected chi connectivity index (χ4v) is 4.08. The van der Waals surface area contributed by atoms with Gasteiger partial charge in [-0.15, -0.1) is 0 Å². The Hall–Kier alpha value is -2.63. The van der Waals surface area contributed by atoms with E-state index in [0.29, 0.717) is 18.7 Å². The third kappa shape index (κ3) is 4.52. The highest BCUT2D eigenvalue weighted by Crippen LogP contribution is 2.24. The molecule has 0 N–H and O–H groups in total. The van der Waals surface area contributed by atoms with Crippen LogP contribution in [0.5, 0.6) is 0 Å². The summed E-state index contributed by atoms with van der Waals surface area (Å²) in [6, 6.07) is 9.87. The van der Waals surface area contributed by atoms with Crippen molar-refractivity contribution < 1.29 is 9.59 Å². The van der Waals surface area contributed by atoms with Crippen molar-refractivity contribution in [2.45, 2.75) is 46.5 Å². The van der Waals surface area contributed by atoms with E-state index in [0.717, 1.165) is 49.3 Å². The number of carbonyl (C=O) groups is 2. The van der Waals surface area contributed by atoms with Crippen LogP contribution in [0.1, 0.15) is 54.4 Å². The molecular formula is C23H32N4O2. The van der Waals surface area contributed by atoms with Crippen LogP contribution in [-0.2, 0) is 4.79 Å². The quantitative estimate of drug-likeness (QED) is 0.750. The highest BCUT2D eigenvalue weighted by Gasteiger charge is 2.31. The second-order valence-electron chi connectivity index (χ2n) is 7.97. The van der Waals surface area contributed by atoms with Gasteiger partial charge in [0.1, 0.15) is 0 Å². The van der Waals surface area contributed by atoms with Crippen molar-refractivity contribution in [3.63, 3.8) is 0 Å². The van der Waals surface area contributed by atoms with E-state index in [1.165, 1.54) is 0 Å². The second kappa shape index (κ2) is 9.25. The number of unbranched alkanes of at least 4 members (excludes halogenated alkanes) is 1. The van der Waals surface area contributed by atoms with Crippen LogP contribution < -0.4 is 0 Å². The first kappa shape index (κ1) is 21.1. The third-order valence-electron chi connectivity index (χ3n) is 5.86. The van der Waals surface area contributed by atoms with Crippen molar-refractivity contribution in [2.75, 3.05) is 26.7 Å². The van der Waals surface area contributed by atoms with Crippen LogP contribution in [0, 0.1) is 19.8 Å². The summed E-state index contributed by atoms with van der Waals surface area (Å²) in [5.74, 6) is 0.261. The van der Waals surface area contributed by atoms with E-state index in [1.54, 1.807) is 0 Å². The summed E-state index contributed by atoms with van der Waals surface area (Å²) in [5.41, 5.74) is 3.23. The Morgan fingerprint density at radius 2 is 1.79 bits per heavy atom. The van der Waals surface area contributed by atoms with Gasteiger partial charge in [0.15, 0.2) is 0 Å². The Balaban J connectivity index is 1.67. The molecule has 1 aliphatic heterocycles. The average molecular weight is 397 g/mol. The van der Waals surface area contributed by atoms with Gasteiger partial charge in [0.25, 0.3) is 5.91 Å². The number of nitrogens with zero attached hydrogens (tertiary/aromatic N) is 4. The molecule has 2 amide bonds. The number of rotatable bonds is 6. The largest absolute Gasteiger partial charge is 0.346 e. The molecule has 0 spiro atoms. The minimum absolute atomic E-state index is 0.0208. The van der Waals surface area contributed by atoms with Crippen molar-refractivity contribution in [3.8, 4) is 5.69 Å². The van der Waals surface area contributed by atoms with Crippen LogP contribution in [0.15, 0.2) is 30.3 Å². The molecule has 1 saturated heterocycles. The van der Waals surface area contributed by atoms with E-state index in [2.05, 4.69) is 12.0 Å². The highest BCUT2D eigenvalue weighted by atomic mass is 16.2. The van der Waals surface area contributed by atoms with Crippen LogP contribution in [0.4, 0.5) is 0 Å². The first-order valence-corrected chi connectivity index (χ1v) is 10.6. The van der Waals surface area contributed by atoms with Gasteiger partial charge >= 0.3 is 0 Å². The van der Waals surface area contributed by atoms with Gasteiger partial charge in [-0.3, -0.25) is 9.59 Å². The molecule has 0 aliphatic carbocycles. The number of para-hydroxylation sites is 1. The minimum Gasteiger partial charge on any atom is -0.346 e. The summed E-state index contributed by atoms with van der Waals surface area (Å²) < 4.78 is 1.83. The third-order valence-corrected chi connectivity index (χ3v) is 5.86. The molecular weight excluding hydrogens is 364 g/mol. The van der Waals surface area contributed by atoms with Crippen LogP contribution in [-0.4, -0.2) is 58.1 Å². The van der Waals surface area contributed by atoms with Crippen molar-refractivity contribution in [1.82, 2.24) is 19.6 Å². The second-order valence-corrected chi connectivity index (χ2v) is 7.97. The number of benzene rings is 1. The minimum atomic E-state index is 0.0208. The normalized spacial score (nSPS) is 14.8. The van der Waals surface area contributed by atoms with E-state index in [9.17, 15) is 9.59 Å². The van der Waals surface area contributed by atoms with E-state index in [1.807, 2.05) is 65.7 Å². The number of aryl methyl sites for hydroxylation is 1. The lowest BCUT2D eigenvalue weighted by atomic mass is 9.94. The summed E-state index contributed by atoms with van der Waals surface area (Å²) >= 11 is 0. The Bertz CT molecular complexity index is 851. The Morgan fingerprint density at radius 3 is 2.41 bits per heavy atom. The maximum absolute atomic E-state index is 13.2. The lowest BCUT2D eigenvalue weighted by molar-refractivity contribution is -0.135. The molecule has 1 aromatic carbocycles. The van der Waals surface area contributed by atoms with Gasteiger partial charge in [-0.25, -0.2) is 4.68 Å². The van der Waals surface area contributed by atoms with Gasteiger partial charge in [0, 0.05) is 32.6 Å². The number of piperidine rings is 1. The first-order valence-electron chi connectivity index (χ1n) is 10.6. The molecule has 0 unspecified atom stereocenters. The molecule has 0 radical (unpaired) electrons. The zero-order chi connectivity index (χ0) is 21.0. The zero-order valence-electron chi connectivity index (χ0n) is 18.0. The van der Waals surface area contributed by atoms with Crippen LogP contribution >= 0.6 is 0 Å². The molecule has 0 saturated carbocycles. The summed E-state index contributed by atoms with van der Waals surface area (Å²) in [5, 5.41) is 4.60. The number of amides is 2. The van der Waals surface area contributed by atoms with Crippen LogP contribution in [0.25, 0.3) is 5.69 Å². The molecule has 0 bridgehead atoms. The molecule has 1 aliphatic rings. The molecule has 1 fully saturated rings. The van der Waals surface area contributed by atoms with Crippen molar-refractivity contribution in [2.24, 2.45) is 5.92 Å². The number of hydrogen-bond acceptors (Lipinski definition) is 3. The molecule has 6 heteroatoms. The van der Waals surface area contributed by atoms with Crippen LogP contribution in [0.2, 0.25) is 0 Å². The molecule has 1 aromatic heterocycles. The predicted molar refractivity (Wildman–Crippen MR) is 114 cm³/mol. The smallest absolute Gasteiger partial charge is 0.257 e. The summed E-state index contributed by atoms with van der Waals surface area (Å²) in [6.07, 6.45) is 3.57. The fourth-order valence-electron chi connectivity index (χ4n) is 4.08. The highest BCUT2D eigenvalue weighted by molar-refractivity contribution is 5.96. The summed E-state index contributed by atoms with van der Waals surface area (Å²) in [6.45, 7) is 8.01. The van der Waals surface area contributed by atoms with E-state index in [4.69, 9.17) is 0 Å². The lowest BCUT2D eigenvalue weighted by Gasteiger charge is -2.33. The van der Waals surface area contributed by atoms with Gasteiger partial charge < -0.3 is 9.80 Å². The van der Waals surface area contributed by atoms with Gasteiger partial charge in [-0.1, -0.05) is 31.5 Å². The van der Waals surface area contributed by atoms with Gasteiger partial charge in [-0.05, 0) is 45.2 Å². The Labute approximate surface area is 173 Å². The molecule has 0 atom stereocenters. The zero-order valence-corrected chi connectivity index (χ0v) is 18.0. The van der Waals surface area contributed by atoms with Gasteiger partial charge in [0.05, 0.1) is 22.6 Å². The molecule has 3 rings (SSSR count). The van der Waals surface area contributed by atoms with Crippen LogP contribution in [0.3, 0.4) is 0 Å². The number of hydrogen-bond donors (Lipinski definition) is 0. The predicted octanol–water partition coefficient (Wildman–Crippen LogP) is 3.60. The Kier molecular flexibility index (Phi) is 6.72. The molecule has 2 aromatic rings. The van der Waals surface area contributed by atoms with Gasteiger partial charge in [-0.2, -0.15) is 5.10 Å².